The lowest BCUT2D eigenvalue weighted by molar-refractivity contribution is -0.613. The molecule has 0 radical (unpaired) electrons. The maximum absolute atomic E-state index is 12.5. The molecule has 2 heterocycles. The molecule has 0 amide bonds. The molecule has 1 aliphatic rings. The molecule has 190 valence electrons. The molecule has 35 heavy (non-hydrogen) atoms. The number of halogens is 2. The number of hydrogen-bond acceptors (Lipinski definition) is 7. The van der Waals surface area contributed by atoms with Gasteiger partial charge in [-0.3, -0.25) is 0 Å². The molecular weight excluding hydrogens is 515 g/mol. The fraction of sp³-hybridized carbons (Fsp3) is 0.478. The van der Waals surface area contributed by atoms with E-state index in [0.717, 1.165) is 0 Å². The monoisotopic (exact) mass is 542 g/mol. The zero-order chi connectivity index (χ0) is 25.7. The normalized spacial score (nSPS) is 23.7. The second-order valence-electron chi connectivity index (χ2n) is 9.60. The fourth-order valence-electron chi connectivity index (χ4n) is 4.17. The number of rotatable bonds is 6. The molecule has 4 rings (SSSR count). The molecule has 1 aromatic carbocycles. The Hall–Kier alpha value is -1.79. The van der Waals surface area contributed by atoms with Gasteiger partial charge in [0.15, 0.2) is 0 Å². The van der Waals surface area contributed by atoms with E-state index in [2.05, 4.69) is 9.71 Å². The lowest BCUT2D eigenvalue weighted by Gasteiger charge is -2.25. The first-order valence-corrected chi connectivity index (χ1v) is 13.0. The molecule has 1 fully saturated rings. The van der Waals surface area contributed by atoms with Crippen LogP contribution in [0.5, 0.6) is 5.75 Å². The van der Waals surface area contributed by atoms with Gasteiger partial charge in [-0.15, -0.1) is 4.72 Å². The third-order valence-corrected chi connectivity index (χ3v) is 8.58. The minimum atomic E-state index is -1.35. The van der Waals surface area contributed by atoms with Crippen LogP contribution in [0.15, 0.2) is 30.7 Å². The summed E-state index contributed by atoms with van der Waals surface area (Å²) in [7, 11) is 0. The molecule has 9 nitrogen and oxygen atoms in total. The second kappa shape index (κ2) is 9.93. The SMILES string of the molecule is Cc1c2ccn([C@@H]3C[C@H](Oc4ccc(Cl)c(Cl)c4CN[S+]([O-])C(C)(C)C)[C@@H](O)[C@H]3O)c2nc[n+]1[O-]. The number of aliphatic hydroxyl groups excluding tert-OH is 2. The average Bonchev–Trinajstić information content (AvgIpc) is 3.34. The quantitative estimate of drug-likeness (QED) is 0.248. The Kier molecular flexibility index (Phi) is 7.46. The van der Waals surface area contributed by atoms with Gasteiger partial charge in [0.25, 0.3) is 12.0 Å². The number of aryl methyl sites for hydroxylation is 1. The second-order valence-corrected chi connectivity index (χ2v) is 12.4. The van der Waals surface area contributed by atoms with E-state index in [0.29, 0.717) is 37.8 Å². The summed E-state index contributed by atoms with van der Waals surface area (Å²) in [6.45, 7) is 7.37. The number of hydrogen-bond donors (Lipinski definition) is 3. The first-order valence-electron chi connectivity index (χ1n) is 11.1. The van der Waals surface area contributed by atoms with Gasteiger partial charge in [-0.1, -0.05) is 23.2 Å². The predicted molar refractivity (Wildman–Crippen MR) is 135 cm³/mol. The van der Waals surface area contributed by atoms with Crippen LogP contribution in [0, 0.1) is 12.1 Å². The molecule has 12 heteroatoms. The fourth-order valence-corrected chi connectivity index (χ4v) is 5.27. The van der Waals surface area contributed by atoms with Gasteiger partial charge in [0.1, 0.15) is 34.5 Å². The standard InChI is InChI=1S/C23H28Cl2N4O5S/c1-12-13-7-8-28(22(13)26-11-29(12)32)16-9-18(21(31)20(16)30)34-17-6-5-15(24)19(25)14(17)10-27-35(33)23(2,3)4/h5-8,11,16,18,20-21,27,30-31H,9-10H2,1-4H3/t16-,18+,20+,21-,35?/m1/s1. The molecule has 5 atom stereocenters. The summed E-state index contributed by atoms with van der Waals surface area (Å²) in [6.07, 6.45) is 0.118. The topological polar surface area (TPSA) is 130 Å². The van der Waals surface area contributed by atoms with Gasteiger partial charge in [-0.05, 0) is 50.9 Å². The van der Waals surface area contributed by atoms with E-state index in [1.165, 1.54) is 6.33 Å². The van der Waals surface area contributed by atoms with E-state index in [1.807, 2.05) is 20.8 Å². The van der Waals surface area contributed by atoms with E-state index in [-0.39, 0.29) is 18.0 Å². The van der Waals surface area contributed by atoms with Crippen molar-refractivity contribution in [1.29, 1.82) is 0 Å². The minimum absolute atomic E-state index is 0.133. The molecule has 0 bridgehead atoms. The highest BCUT2D eigenvalue weighted by atomic mass is 35.5. The summed E-state index contributed by atoms with van der Waals surface area (Å²) in [4.78, 5) is 4.22. The van der Waals surface area contributed by atoms with Crippen molar-refractivity contribution in [2.24, 2.45) is 0 Å². The van der Waals surface area contributed by atoms with Crippen molar-refractivity contribution in [2.75, 3.05) is 0 Å². The van der Waals surface area contributed by atoms with Crippen LogP contribution in [-0.2, 0) is 17.9 Å². The van der Waals surface area contributed by atoms with Gasteiger partial charge in [0.05, 0.1) is 28.0 Å². The van der Waals surface area contributed by atoms with Gasteiger partial charge in [0, 0.05) is 29.5 Å². The zero-order valence-corrected chi connectivity index (χ0v) is 22.1. The molecule has 1 saturated carbocycles. The molecule has 0 aliphatic heterocycles. The van der Waals surface area contributed by atoms with Crippen LogP contribution >= 0.6 is 23.2 Å². The number of nitrogens with one attached hydrogen (secondary N) is 1. The third-order valence-electron chi connectivity index (χ3n) is 6.22. The maximum atomic E-state index is 12.5. The van der Waals surface area contributed by atoms with Crippen molar-refractivity contribution >= 4 is 45.6 Å². The van der Waals surface area contributed by atoms with Crippen molar-refractivity contribution in [1.82, 2.24) is 14.3 Å². The smallest absolute Gasteiger partial charge is 0.292 e. The number of benzene rings is 1. The van der Waals surface area contributed by atoms with Crippen molar-refractivity contribution in [3.63, 3.8) is 0 Å². The van der Waals surface area contributed by atoms with Crippen LogP contribution in [0.2, 0.25) is 10.0 Å². The first kappa shape index (κ1) is 26.3. The lowest BCUT2D eigenvalue weighted by atomic mass is 10.2. The summed E-state index contributed by atoms with van der Waals surface area (Å²) in [5.41, 5.74) is 1.54. The zero-order valence-electron chi connectivity index (χ0n) is 19.7. The molecule has 1 unspecified atom stereocenters. The summed E-state index contributed by atoms with van der Waals surface area (Å²) in [6, 6.07) is 4.46. The van der Waals surface area contributed by atoms with E-state index in [9.17, 15) is 20.0 Å². The van der Waals surface area contributed by atoms with E-state index in [4.69, 9.17) is 27.9 Å². The van der Waals surface area contributed by atoms with Crippen LogP contribution in [0.25, 0.3) is 11.0 Å². The number of fused-ring (bicyclic) bond motifs is 1. The van der Waals surface area contributed by atoms with Crippen LogP contribution < -0.4 is 14.2 Å². The molecule has 2 aromatic heterocycles. The van der Waals surface area contributed by atoms with Crippen LogP contribution in [0.4, 0.5) is 0 Å². The van der Waals surface area contributed by atoms with E-state index in [1.54, 1.807) is 35.9 Å². The van der Waals surface area contributed by atoms with E-state index < -0.39 is 40.5 Å². The summed E-state index contributed by atoms with van der Waals surface area (Å²) >= 11 is 11.3. The third kappa shape index (κ3) is 5.06. The summed E-state index contributed by atoms with van der Waals surface area (Å²) in [5.74, 6) is 0.369. The predicted octanol–water partition coefficient (Wildman–Crippen LogP) is 2.95. The Morgan fingerprint density at radius 3 is 2.66 bits per heavy atom. The van der Waals surface area contributed by atoms with E-state index >= 15 is 0 Å². The molecule has 3 N–H and O–H groups in total. The highest BCUT2D eigenvalue weighted by Crippen LogP contribution is 2.39. The Morgan fingerprint density at radius 1 is 1.26 bits per heavy atom. The summed E-state index contributed by atoms with van der Waals surface area (Å²) in [5, 5.41) is 34.8. The largest absolute Gasteiger partial charge is 0.711 e. The van der Waals surface area contributed by atoms with Gasteiger partial charge >= 0.3 is 0 Å². The highest BCUT2D eigenvalue weighted by Gasteiger charge is 2.45. The minimum Gasteiger partial charge on any atom is -0.711 e. The summed E-state index contributed by atoms with van der Waals surface area (Å²) < 4.78 is 23.5. The Bertz CT molecular complexity index is 1230. The van der Waals surface area contributed by atoms with Gasteiger partial charge < -0.3 is 29.3 Å². The Morgan fingerprint density at radius 2 is 1.97 bits per heavy atom. The van der Waals surface area contributed by atoms with Crippen LogP contribution in [0.3, 0.4) is 0 Å². The van der Waals surface area contributed by atoms with Crippen molar-refractivity contribution in [3.05, 3.63) is 57.2 Å². The average molecular weight is 543 g/mol. The molecule has 0 spiro atoms. The van der Waals surface area contributed by atoms with Gasteiger partial charge in [0.2, 0.25) is 0 Å². The van der Waals surface area contributed by atoms with Crippen molar-refractivity contribution in [3.8, 4) is 5.75 Å². The molecular formula is C23H28Cl2N4O5S. The maximum Gasteiger partial charge on any atom is 0.292 e. The molecule has 0 saturated heterocycles. The Labute approximate surface area is 216 Å². The lowest BCUT2D eigenvalue weighted by Crippen LogP contribution is -2.39. The number of aliphatic hydroxyl groups is 2. The van der Waals surface area contributed by atoms with Crippen LogP contribution in [-0.4, -0.2) is 47.4 Å². The van der Waals surface area contributed by atoms with Crippen molar-refractivity contribution < 1.29 is 24.2 Å². The molecule has 1 aliphatic carbocycles. The first-order chi connectivity index (χ1) is 16.4. The Balaban J connectivity index is 1.59. The highest BCUT2D eigenvalue weighted by molar-refractivity contribution is 7.90. The van der Waals surface area contributed by atoms with Gasteiger partial charge in [-0.2, -0.15) is 0 Å². The van der Waals surface area contributed by atoms with Gasteiger partial charge in [-0.25, -0.2) is 4.73 Å². The number of ether oxygens (including phenoxy) is 1. The number of nitrogens with zero attached hydrogens (tertiary/aromatic N) is 3. The molecule has 3 aromatic rings. The van der Waals surface area contributed by atoms with Crippen molar-refractivity contribution in [2.45, 2.75) is 69.8 Å². The number of aromatic nitrogens is 3. The van der Waals surface area contributed by atoms with Crippen LogP contribution in [0.1, 0.15) is 44.5 Å².